The van der Waals surface area contributed by atoms with Crippen LogP contribution in [0.5, 0.6) is 11.5 Å². The summed E-state index contributed by atoms with van der Waals surface area (Å²) in [6, 6.07) is 25.6. The minimum atomic E-state index is -3.71. The van der Waals surface area contributed by atoms with E-state index in [0.717, 1.165) is 0 Å². The smallest absolute Gasteiger partial charge is 0.246 e. The van der Waals surface area contributed by atoms with Gasteiger partial charge in [-0.3, -0.25) is 4.90 Å². The van der Waals surface area contributed by atoms with Gasteiger partial charge >= 0.3 is 0 Å². The fourth-order valence-electron chi connectivity index (χ4n) is 4.21. The molecule has 1 aliphatic heterocycles. The lowest BCUT2D eigenvalue weighted by atomic mass is 9.96. The van der Waals surface area contributed by atoms with Crippen molar-refractivity contribution in [3.05, 3.63) is 90.0 Å². The maximum atomic E-state index is 13.4. The Morgan fingerprint density at radius 1 is 0.750 bits per heavy atom. The van der Waals surface area contributed by atoms with E-state index >= 15 is 0 Å². The van der Waals surface area contributed by atoms with E-state index in [0.29, 0.717) is 37.7 Å². The first-order valence-electron chi connectivity index (χ1n) is 10.6. The molecule has 0 bridgehead atoms. The first kappa shape index (κ1) is 22.3. The lowest BCUT2D eigenvalue weighted by molar-refractivity contribution is 0.155. The lowest BCUT2D eigenvalue weighted by Gasteiger charge is -2.39. The summed E-state index contributed by atoms with van der Waals surface area (Å²) in [6.45, 7) is 2.05. The van der Waals surface area contributed by atoms with E-state index in [-0.39, 0.29) is 10.9 Å². The zero-order valence-corrected chi connectivity index (χ0v) is 19.2. The van der Waals surface area contributed by atoms with E-state index in [1.807, 2.05) is 36.4 Å². The maximum absolute atomic E-state index is 13.4. The molecule has 1 fully saturated rings. The van der Waals surface area contributed by atoms with E-state index < -0.39 is 10.0 Å². The molecule has 0 saturated carbocycles. The summed E-state index contributed by atoms with van der Waals surface area (Å²) >= 11 is 0. The highest BCUT2D eigenvalue weighted by Gasteiger charge is 2.34. The Balaban J connectivity index is 1.58. The quantitative estimate of drug-likeness (QED) is 0.546. The second-order valence-corrected chi connectivity index (χ2v) is 9.59. The molecular weight excluding hydrogens is 424 g/mol. The number of sulfonamides is 1. The predicted molar refractivity (Wildman–Crippen MR) is 125 cm³/mol. The van der Waals surface area contributed by atoms with Gasteiger partial charge in [0.15, 0.2) is 0 Å². The fourth-order valence-corrected chi connectivity index (χ4v) is 5.80. The molecule has 1 aliphatic rings. The van der Waals surface area contributed by atoms with Crippen molar-refractivity contribution in [1.29, 1.82) is 0 Å². The van der Waals surface area contributed by atoms with Crippen molar-refractivity contribution in [3.63, 3.8) is 0 Å². The number of methoxy groups -OCH3 is 2. The topological polar surface area (TPSA) is 59.1 Å². The highest BCUT2D eigenvalue weighted by atomic mass is 32.2. The Kier molecular flexibility index (Phi) is 6.79. The minimum Gasteiger partial charge on any atom is -0.497 e. The van der Waals surface area contributed by atoms with Crippen LogP contribution < -0.4 is 9.47 Å². The summed E-state index contributed by atoms with van der Waals surface area (Å²) in [5.74, 6) is 0.802. The van der Waals surface area contributed by atoms with Gasteiger partial charge in [0.1, 0.15) is 16.4 Å². The molecule has 0 radical (unpaired) electrons. The molecule has 0 aliphatic carbocycles. The minimum absolute atomic E-state index is 0.0774. The molecule has 0 aromatic heterocycles. The van der Waals surface area contributed by atoms with Gasteiger partial charge in [0.25, 0.3) is 0 Å². The maximum Gasteiger partial charge on any atom is 0.246 e. The molecule has 0 spiro atoms. The van der Waals surface area contributed by atoms with Crippen LogP contribution >= 0.6 is 0 Å². The van der Waals surface area contributed by atoms with Gasteiger partial charge in [0.05, 0.1) is 20.3 Å². The van der Waals surface area contributed by atoms with Crippen LogP contribution in [0.3, 0.4) is 0 Å². The van der Waals surface area contributed by atoms with Crippen LogP contribution in [0.2, 0.25) is 0 Å². The van der Waals surface area contributed by atoms with Gasteiger partial charge in [-0.2, -0.15) is 4.31 Å². The van der Waals surface area contributed by atoms with Crippen LogP contribution in [-0.2, 0) is 10.0 Å². The van der Waals surface area contributed by atoms with Crippen molar-refractivity contribution in [2.75, 3.05) is 40.4 Å². The molecule has 32 heavy (non-hydrogen) atoms. The molecule has 1 heterocycles. The predicted octanol–water partition coefficient (Wildman–Crippen LogP) is 3.80. The van der Waals surface area contributed by atoms with Crippen LogP contribution in [0.25, 0.3) is 0 Å². The Hall–Kier alpha value is -2.87. The van der Waals surface area contributed by atoms with Gasteiger partial charge in [-0.1, -0.05) is 60.7 Å². The van der Waals surface area contributed by atoms with Gasteiger partial charge in [0.2, 0.25) is 10.0 Å². The summed E-state index contributed by atoms with van der Waals surface area (Å²) in [6.07, 6.45) is 0. The zero-order chi connectivity index (χ0) is 22.6. The molecule has 0 N–H and O–H groups in total. The molecule has 3 aromatic carbocycles. The van der Waals surface area contributed by atoms with Crippen LogP contribution in [0, 0.1) is 0 Å². The summed E-state index contributed by atoms with van der Waals surface area (Å²) in [7, 11) is -0.721. The first-order chi connectivity index (χ1) is 15.5. The van der Waals surface area contributed by atoms with Gasteiger partial charge in [-0.15, -0.1) is 0 Å². The molecule has 0 unspecified atom stereocenters. The second-order valence-electron chi connectivity index (χ2n) is 7.68. The lowest BCUT2D eigenvalue weighted by Crippen LogP contribution is -2.49. The van der Waals surface area contributed by atoms with Crippen molar-refractivity contribution >= 4 is 10.0 Å². The summed E-state index contributed by atoms with van der Waals surface area (Å²) < 4.78 is 38.9. The number of ether oxygens (including phenoxy) is 2. The first-order valence-corrected chi connectivity index (χ1v) is 12.0. The number of rotatable bonds is 7. The van der Waals surface area contributed by atoms with E-state index in [1.54, 1.807) is 12.1 Å². The van der Waals surface area contributed by atoms with Crippen molar-refractivity contribution in [2.45, 2.75) is 10.9 Å². The van der Waals surface area contributed by atoms with Crippen LogP contribution in [0.4, 0.5) is 0 Å². The molecule has 4 rings (SSSR count). The Morgan fingerprint density at radius 2 is 1.31 bits per heavy atom. The summed E-state index contributed by atoms with van der Waals surface area (Å²) in [5, 5.41) is 0. The van der Waals surface area contributed by atoms with Crippen molar-refractivity contribution < 1.29 is 17.9 Å². The molecule has 0 amide bonds. The van der Waals surface area contributed by atoms with Gasteiger partial charge < -0.3 is 9.47 Å². The molecule has 7 heteroatoms. The molecule has 168 valence electrons. The van der Waals surface area contributed by atoms with Crippen LogP contribution in [0.15, 0.2) is 83.8 Å². The number of benzene rings is 3. The van der Waals surface area contributed by atoms with Gasteiger partial charge in [-0.25, -0.2) is 8.42 Å². The van der Waals surface area contributed by atoms with E-state index in [2.05, 4.69) is 29.2 Å². The average molecular weight is 453 g/mol. The summed E-state index contributed by atoms with van der Waals surface area (Å²) in [4.78, 5) is 2.48. The van der Waals surface area contributed by atoms with E-state index in [1.165, 1.54) is 35.7 Å². The van der Waals surface area contributed by atoms with Crippen LogP contribution in [-0.4, -0.2) is 58.0 Å². The fraction of sp³-hybridized carbons (Fsp3) is 0.280. The van der Waals surface area contributed by atoms with Crippen molar-refractivity contribution in [1.82, 2.24) is 9.21 Å². The normalized spacial score (nSPS) is 15.6. The molecular formula is C25H28N2O4S. The standard InChI is InChI=1S/C25H28N2O4S/c1-30-22-13-14-23(31-2)24(19-22)32(28,29)27-17-15-26(16-18-27)25(20-9-5-3-6-10-20)21-11-7-4-8-12-21/h3-14,19,25H,15-18H2,1-2H3. The number of hydrogen-bond donors (Lipinski definition) is 0. The zero-order valence-electron chi connectivity index (χ0n) is 18.3. The van der Waals surface area contributed by atoms with E-state index in [9.17, 15) is 8.42 Å². The molecule has 3 aromatic rings. The highest BCUT2D eigenvalue weighted by Crippen LogP contribution is 2.33. The van der Waals surface area contributed by atoms with Gasteiger partial charge in [-0.05, 0) is 23.3 Å². The average Bonchev–Trinajstić information content (AvgIpc) is 2.85. The number of hydrogen-bond acceptors (Lipinski definition) is 5. The third kappa shape index (κ3) is 4.50. The summed E-state index contributed by atoms with van der Waals surface area (Å²) in [5.41, 5.74) is 2.40. The van der Waals surface area contributed by atoms with E-state index in [4.69, 9.17) is 9.47 Å². The number of nitrogens with zero attached hydrogens (tertiary/aromatic N) is 2. The molecule has 1 saturated heterocycles. The van der Waals surface area contributed by atoms with Gasteiger partial charge in [0, 0.05) is 32.2 Å². The Bertz CT molecular complexity index is 1090. The third-order valence-electron chi connectivity index (χ3n) is 5.86. The van der Waals surface area contributed by atoms with Crippen molar-refractivity contribution in [2.24, 2.45) is 0 Å². The molecule has 6 nitrogen and oxygen atoms in total. The van der Waals surface area contributed by atoms with Crippen LogP contribution in [0.1, 0.15) is 17.2 Å². The highest BCUT2D eigenvalue weighted by molar-refractivity contribution is 7.89. The second kappa shape index (κ2) is 9.73. The SMILES string of the molecule is COc1ccc(OC)c(S(=O)(=O)N2CCN(C(c3ccccc3)c3ccccc3)CC2)c1. The Labute approximate surface area is 190 Å². The largest absolute Gasteiger partial charge is 0.497 e. The number of piperazine rings is 1. The van der Waals surface area contributed by atoms with Crippen molar-refractivity contribution in [3.8, 4) is 11.5 Å². The third-order valence-corrected chi connectivity index (χ3v) is 7.78. The monoisotopic (exact) mass is 452 g/mol. The Morgan fingerprint density at radius 3 is 1.81 bits per heavy atom. The molecule has 0 atom stereocenters.